The summed E-state index contributed by atoms with van der Waals surface area (Å²) in [4.78, 5) is 13.7. The van der Waals surface area contributed by atoms with Crippen molar-refractivity contribution in [3.63, 3.8) is 0 Å². The number of aromatic nitrogens is 1. The molecule has 0 aliphatic carbocycles. The summed E-state index contributed by atoms with van der Waals surface area (Å²) in [5.74, 6) is -1.37. The molecule has 0 aromatic carbocycles. The number of hydrogen-bond acceptors (Lipinski definition) is 3. The Bertz CT molecular complexity index is 412. The number of hydrogen-bond donors (Lipinski definition) is 1. The van der Waals surface area contributed by atoms with E-state index in [0.717, 1.165) is 12.1 Å². The summed E-state index contributed by atoms with van der Waals surface area (Å²) in [7, 11) is 0. The van der Waals surface area contributed by atoms with Gasteiger partial charge in [-0.2, -0.15) is 5.26 Å². The third kappa shape index (κ3) is 2.01. The highest BCUT2D eigenvalue weighted by atomic mass is 19.3. The lowest BCUT2D eigenvalue weighted by Gasteiger charge is -2.00. The van der Waals surface area contributed by atoms with Crippen LogP contribution in [-0.2, 0) is 0 Å². The Kier molecular flexibility index (Phi) is 2.72. The van der Waals surface area contributed by atoms with Gasteiger partial charge < -0.3 is 5.11 Å². The number of rotatable bonds is 2. The van der Waals surface area contributed by atoms with Gasteiger partial charge in [0.1, 0.15) is 17.5 Å². The highest BCUT2D eigenvalue weighted by molar-refractivity contribution is 5.87. The molecule has 1 aromatic rings. The molecule has 14 heavy (non-hydrogen) atoms. The zero-order valence-electron chi connectivity index (χ0n) is 6.74. The first kappa shape index (κ1) is 10.1. The van der Waals surface area contributed by atoms with E-state index in [1.165, 1.54) is 6.07 Å². The Morgan fingerprint density at radius 1 is 1.57 bits per heavy atom. The van der Waals surface area contributed by atoms with E-state index in [1.54, 1.807) is 0 Å². The zero-order valence-corrected chi connectivity index (χ0v) is 6.74. The van der Waals surface area contributed by atoms with Gasteiger partial charge in [0.15, 0.2) is 0 Å². The van der Waals surface area contributed by atoms with E-state index >= 15 is 0 Å². The highest BCUT2D eigenvalue weighted by Gasteiger charge is 2.14. The van der Waals surface area contributed by atoms with E-state index < -0.39 is 18.1 Å². The predicted octanol–water partition coefficient (Wildman–Crippen LogP) is 1.59. The van der Waals surface area contributed by atoms with Gasteiger partial charge in [-0.3, -0.25) is 0 Å². The fourth-order valence-electron chi connectivity index (χ4n) is 0.844. The molecule has 1 heterocycles. The van der Waals surface area contributed by atoms with E-state index in [0.29, 0.717) is 0 Å². The summed E-state index contributed by atoms with van der Waals surface area (Å²) in [5.41, 5.74) is -1.41. The largest absolute Gasteiger partial charge is 0.478 e. The molecule has 1 N–H and O–H groups in total. The average Bonchev–Trinajstić information content (AvgIpc) is 2.16. The third-order valence-corrected chi connectivity index (χ3v) is 1.43. The molecule has 0 aliphatic heterocycles. The van der Waals surface area contributed by atoms with Crippen LogP contribution >= 0.6 is 0 Å². The number of pyridine rings is 1. The minimum atomic E-state index is -2.89. The molecule has 0 unspecified atom stereocenters. The fourth-order valence-corrected chi connectivity index (χ4v) is 0.844. The van der Waals surface area contributed by atoms with Crippen molar-refractivity contribution in [2.75, 3.05) is 0 Å². The molecule has 0 bridgehead atoms. The van der Waals surface area contributed by atoms with Crippen molar-refractivity contribution in [1.29, 1.82) is 5.26 Å². The van der Waals surface area contributed by atoms with Crippen molar-refractivity contribution in [2.45, 2.75) is 6.43 Å². The number of carboxylic acid groups (broad SMARTS) is 1. The van der Waals surface area contributed by atoms with Gasteiger partial charge in [-0.1, -0.05) is 0 Å². The van der Waals surface area contributed by atoms with Crippen LogP contribution < -0.4 is 0 Å². The topological polar surface area (TPSA) is 74.0 Å². The normalized spacial score (nSPS) is 9.86. The molecule has 6 heteroatoms. The van der Waals surface area contributed by atoms with E-state index in [-0.39, 0.29) is 11.3 Å². The summed E-state index contributed by atoms with van der Waals surface area (Å²) in [6.07, 6.45) is -2.89. The van der Waals surface area contributed by atoms with Gasteiger partial charge in [0, 0.05) is 0 Å². The number of halogens is 2. The first-order valence-electron chi connectivity index (χ1n) is 3.48. The maximum Gasteiger partial charge on any atom is 0.335 e. The molecule has 0 spiro atoms. The van der Waals surface area contributed by atoms with Crippen LogP contribution in [0.25, 0.3) is 0 Å². The lowest BCUT2D eigenvalue weighted by Crippen LogP contribution is -2.02. The van der Waals surface area contributed by atoms with Gasteiger partial charge in [-0.05, 0) is 12.1 Å². The standard InChI is InChI=1S/C8H4F2N2O2/c9-7(10)6-2-4(8(13)14)1-5(3-11)12-6/h1-2,7H,(H,13,14). The van der Waals surface area contributed by atoms with Crippen LogP contribution in [0.5, 0.6) is 0 Å². The lowest BCUT2D eigenvalue weighted by molar-refractivity contribution is 0.0696. The molecule has 0 radical (unpaired) electrons. The highest BCUT2D eigenvalue weighted by Crippen LogP contribution is 2.18. The maximum atomic E-state index is 12.2. The van der Waals surface area contributed by atoms with Gasteiger partial charge in [-0.15, -0.1) is 0 Å². The summed E-state index contributed by atoms with van der Waals surface area (Å²) in [6, 6.07) is 3.19. The first-order chi connectivity index (χ1) is 6.54. The van der Waals surface area contributed by atoms with Crippen molar-refractivity contribution in [3.8, 4) is 6.07 Å². The number of nitrogens with zero attached hydrogens (tertiary/aromatic N) is 2. The zero-order chi connectivity index (χ0) is 10.7. The summed E-state index contributed by atoms with van der Waals surface area (Å²) in [6.45, 7) is 0. The quantitative estimate of drug-likeness (QED) is 0.782. The van der Waals surface area contributed by atoms with Crippen LogP contribution in [-0.4, -0.2) is 16.1 Å². The molecule has 0 aliphatic rings. The number of carbonyl (C=O) groups is 1. The number of aromatic carboxylic acids is 1. The molecule has 1 rings (SSSR count). The van der Waals surface area contributed by atoms with Crippen molar-refractivity contribution in [3.05, 3.63) is 29.1 Å². The molecular formula is C8H4F2N2O2. The van der Waals surface area contributed by atoms with Crippen molar-refractivity contribution in [1.82, 2.24) is 4.98 Å². The Morgan fingerprint density at radius 3 is 2.64 bits per heavy atom. The molecular weight excluding hydrogens is 194 g/mol. The van der Waals surface area contributed by atoms with Gasteiger partial charge in [-0.25, -0.2) is 18.6 Å². The Morgan fingerprint density at radius 2 is 2.21 bits per heavy atom. The Labute approximate surface area is 77.4 Å². The van der Waals surface area contributed by atoms with Crippen LogP contribution in [0.3, 0.4) is 0 Å². The van der Waals surface area contributed by atoms with Crippen LogP contribution in [0.4, 0.5) is 8.78 Å². The molecule has 0 atom stereocenters. The van der Waals surface area contributed by atoms with E-state index in [1.807, 2.05) is 0 Å². The summed E-state index contributed by atoms with van der Waals surface area (Å²) < 4.78 is 24.3. The Hall–Kier alpha value is -2.03. The number of alkyl halides is 2. The maximum absolute atomic E-state index is 12.2. The molecule has 0 saturated heterocycles. The van der Waals surface area contributed by atoms with Crippen molar-refractivity contribution < 1.29 is 18.7 Å². The lowest BCUT2D eigenvalue weighted by atomic mass is 10.2. The van der Waals surface area contributed by atoms with Crippen LogP contribution in [0.15, 0.2) is 12.1 Å². The van der Waals surface area contributed by atoms with E-state index in [9.17, 15) is 13.6 Å². The van der Waals surface area contributed by atoms with E-state index in [4.69, 9.17) is 10.4 Å². The van der Waals surface area contributed by atoms with Gasteiger partial charge in [0.25, 0.3) is 6.43 Å². The SMILES string of the molecule is N#Cc1cc(C(=O)O)cc(C(F)F)n1. The van der Waals surface area contributed by atoms with Crippen LogP contribution in [0, 0.1) is 11.3 Å². The van der Waals surface area contributed by atoms with Gasteiger partial charge >= 0.3 is 5.97 Å². The Balaban J connectivity index is 3.29. The second-order valence-corrected chi connectivity index (χ2v) is 2.38. The molecule has 0 saturated carbocycles. The summed E-state index contributed by atoms with van der Waals surface area (Å²) in [5, 5.41) is 16.9. The first-order valence-corrected chi connectivity index (χ1v) is 3.48. The second-order valence-electron chi connectivity index (χ2n) is 2.38. The average molecular weight is 198 g/mol. The number of carboxylic acids is 1. The van der Waals surface area contributed by atoms with Crippen LogP contribution in [0.1, 0.15) is 28.2 Å². The summed E-state index contributed by atoms with van der Waals surface area (Å²) >= 11 is 0. The van der Waals surface area contributed by atoms with E-state index in [2.05, 4.69) is 4.98 Å². The molecule has 1 aromatic heterocycles. The monoisotopic (exact) mass is 198 g/mol. The second kappa shape index (κ2) is 3.79. The van der Waals surface area contributed by atoms with Crippen molar-refractivity contribution in [2.24, 2.45) is 0 Å². The van der Waals surface area contributed by atoms with Gasteiger partial charge in [0.05, 0.1) is 5.56 Å². The van der Waals surface area contributed by atoms with Gasteiger partial charge in [0.2, 0.25) is 0 Å². The van der Waals surface area contributed by atoms with Crippen LogP contribution in [0.2, 0.25) is 0 Å². The molecule has 0 fully saturated rings. The minimum absolute atomic E-state index is 0.333. The van der Waals surface area contributed by atoms with Crippen molar-refractivity contribution >= 4 is 5.97 Å². The fraction of sp³-hybridized carbons (Fsp3) is 0.125. The molecule has 0 amide bonds. The smallest absolute Gasteiger partial charge is 0.335 e. The predicted molar refractivity (Wildman–Crippen MR) is 40.9 cm³/mol. The molecule has 4 nitrogen and oxygen atoms in total. The third-order valence-electron chi connectivity index (χ3n) is 1.43. The number of nitriles is 1. The minimum Gasteiger partial charge on any atom is -0.478 e. The molecule has 72 valence electrons.